The summed E-state index contributed by atoms with van der Waals surface area (Å²) in [5.74, 6) is 0.0732. The van der Waals surface area contributed by atoms with E-state index in [9.17, 15) is 9.90 Å². The predicted molar refractivity (Wildman–Crippen MR) is 92.2 cm³/mol. The Kier molecular flexibility index (Phi) is 7.02. The number of aliphatic hydroxyl groups is 1. The zero-order chi connectivity index (χ0) is 16.7. The van der Waals surface area contributed by atoms with E-state index in [2.05, 4.69) is 22.0 Å². The van der Waals surface area contributed by atoms with Gasteiger partial charge in [-0.05, 0) is 18.9 Å². The van der Waals surface area contributed by atoms with Crippen LogP contribution in [0.2, 0.25) is 0 Å². The van der Waals surface area contributed by atoms with Gasteiger partial charge in [0.2, 0.25) is 5.91 Å². The summed E-state index contributed by atoms with van der Waals surface area (Å²) >= 11 is 0. The summed E-state index contributed by atoms with van der Waals surface area (Å²) in [6, 6.07) is 10.3. The first-order chi connectivity index (χ1) is 11.1. The number of nitrogens with zero attached hydrogens (tertiary/aromatic N) is 2. The fraction of sp³-hybridized carbons (Fsp3) is 0.611. The van der Waals surface area contributed by atoms with Crippen molar-refractivity contribution in [3.8, 4) is 0 Å². The Morgan fingerprint density at radius 2 is 1.87 bits per heavy atom. The van der Waals surface area contributed by atoms with E-state index in [0.29, 0.717) is 6.54 Å². The Balaban J connectivity index is 1.74. The second-order valence-electron chi connectivity index (χ2n) is 6.26. The van der Waals surface area contributed by atoms with E-state index in [1.54, 1.807) is 0 Å². The summed E-state index contributed by atoms with van der Waals surface area (Å²) in [4.78, 5) is 16.7. The van der Waals surface area contributed by atoms with Gasteiger partial charge in [-0.1, -0.05) is 37.3 Å². The topological polar surface area (TPSA) is 55.8 Å². The number of hydrogen-bond acceptors (Lipinski definition) is 4. The van der Waals surface area contributed by atoms with Crippen molar-refractivity contribution in [2.45, 2.75) is 32.4 Å². The van der Waals surface area contributed by atoms with E-state index in [1.807, 2.05) is 37.3 Å². The number of nitrogens with one attached hydrogen (secondary N) is 1. The third-order valence-electron chi connectivity index (χ3n) is 4.65. The van der Waals surface area contributed by atoms with Crippen molar-refractivity contribution < 1.29 is 9.90 Å². The molecule has 1 amide bonds. The van der Waals surface area contributed by atoms with E-state index in [-0.39, 0.29) is 24.6 Å². The van der Waals surface area contributed by atoms with Gasteiger partial charge in [0.25, 0.3) is 0 Å². The van der Waals surface area contributed by atoms with Crippen molar-refractivity contribution in [1.82, 2.24) is 15.1 Å². The summed E-state index contributed by atoms with van der Waals surface area (Å²) in [6.07, 6.45) is 0.964. The largest absolute Gasteiger partial charge is 0.395 e. The molecule has 1 heterocycles. The molecule has 0 spiro atoms. The fourth-order valence-corrected chi connectivity index (χ4v) is 3.10. The average molecular weight is 319 g/mol. The molecule has 1 fully saturated rings. The van der Waals surface area contributed by atoms with Crippen LogP contribution in [0, 0.1) is 0 Å². The van der Waals surface area contributed by atoms with Gasteiger partial charge in [-0.15, -0.1) is 0 Å². The van der Waals surface area contributed by atoms with Gasteiger partial charge in [0.05, 0.1) is 19.2 Å². The Hall–Kier alpha value is -1.43. The molecule has 5 heteroatoms. The van der Waals surface area contributed by atoms with E-state index < -0.39 is 0 Å². The summed E-state index contributed by atoms with van der Waals surface area (Å²) in [6.45, 7) is 8.37. The molecule has 1 aromatic rings. The molecule has 23 heavy (non-hydrogen) atoms. The minimum absolute atomic E-state index is 0.0313. The van der Waals surface area contributed by atoms with Gasteiger partial charge < -0.3 is 10.4 Å². The molecule has 2 unspecified atom stereocenters. The Labute approximate surface area is 139 Å². The van der Waals surface area contributed by atoms with Crippen molar-refractivity contribution in [3.63, 3.8) is 0 Å². The monoisotopic (exact) mass is 319 g/mol. The highest BCUT2D eigenvalue weighted by atomic mass is 16.3. The van der Waals surface area contributed by atoms with Gasteiger partial charge in [0, 0.05) is 32.2 Å². The zero-order valence-electron chi connectivity index (χ0n) is 14.2. The highest BCUT2D eigenvalue weighted by molar-refractivity contribution is 5.78. The van der Waals surface area contributed by atoms with Crippen LogP contribution in [-0.2, 0) is 4.79 Å². The first-order valence-corrected chi connectivity index (χ1v) is 8.55. The van der Waals surface area contributed by atoms with E-state index in [4.69, 9.17) is 0 Å². The van der Waals surface area contributed by atoms with Gasteiger partial charge in [0.1, 0.15) is 0 Å². The van der Waals surface area contributed by atoms with Crippen molar-refractivity contribution in [2.24, 2.45) is 0 Å². The van der Waals surface area contributed by atoms with Gasteiger partial charge >= 0.3 is 0 Å². The van der Waals surface area contributed by atoms with Gasteiger partial charge in [-0.25, -0.2) is 0 Å². The standard InChI is InChI=1S/C18H29N3O2/c1-3-17(14-22)21-11-9-20(10-12-21)13-18(23)19-15(2)16-7-5-4-6-8-16/h4-8,15,17,22H,3,9-14H2,1-2H3,(H,19,23). The van der Waals surface area contributed by atoms with Crippen molar-refractivity contribution in [3.05, 3.63) is 35.9 Å². The number of amides is 1. The molecular formula is C18H29N3O2. The molecule has 0 aromatic heterocycles. The van der Waals surface area contributed by atoms with Crippen LogP contribution in [0.25, 0.3) is 0 Å². The Bertz CT molecular complexity index is 468. The quantitative estimate of drug-likeness (QED) is 0.794. The molecule has 1 saturated heterocycles. The van der Waals surface area contributed by atoms with Gasteiger partial charge in [-0.2, -0.15) is 0 Å². The molecule has 1 aliphatic rings. The molecular weight excluding hydrogens is 290 g/mol. The molecule has 2 N–H and O–H groups in total. The van der Waals surface area contributed by atoms with Crippen LogP contribution in [0.1, 0.15) is 31.9 Å². The molecule has 0 saturated carbocycles. The van der Waals surface area contributed by atoms with Crippen molar-refractivity contribution in [2.75, 3.05) is 39.3 Å². The first-order valence-electron chi connectivity index (χ1n) is 8.55. The molecule has 1 aromatic carbocycles. The highest BCUT2D eigenvalue weighted by Gasteiger charge is 2.23. The summed E-state index contributed by atoms with van der Waals surface area (Å²) < 4.78 is 0. The van der Waals surface area contributed by atoms with Crippen LogP contribution in [-0.4, -0.2) is 66.2 Å². The van der Waals surface area contributed by atoms with E-state index in [0.717, 1.165) is 38.2 Å². The van der Waals surface area contributed by atoms with E-state index in [1.165, 1.54) is 0 Å². The lowest BCUT2D eigenvalue weighted by Crippen LogP contribution is -2.53. The number of rotatable bonds is 7. The summed E-state index contributed by atoms with van der Waals surface area (Å²) in [7, 11) is 0. The maximum absolute atomic E-state index is 12.2. The maximum atomic E-state index is 12.2. The third kappa shape index (κ3) is 5.30. The molecule has 2 atom stereocenters. The van der Waals surface area contributed by atoms with Crippen LogP contribution < -0.4 is 5.32 Å². The number of carbonyl (C=O) groups is 1. The lowest BCUT2D eigenvalue weighted by molar-refractivity contribution is -0.123. The van der Waals surface area contributed by atoms with E-state index >= 15 is 0 Å². The van der Waals surface area contributed by atoms with Crippen molar-refractivity contribution >= 4 is 5.91 Å². The second-order valence-corrected chi connectivity index (χ2v) is 6.26. The molecule has 128 valence electrons. The molecule has 0 aliphatic carbocycles. The van der Waals surface area contributed by atoms with Crippen molar-refractivity contribution in [1.29, 1.82) is 0 Å². The normalized spacial score (nSPS) is 19.3. The zero-order valence-corrected chi connectivity index (χ0v) is 14.2. The predicted octanol–water partition coefficient (Wildman–Crippen LogP) is 1.25. The number of aliphatic hydroxyl groups excluding tert-OH is 1. The summed E-state index contributed by atoms with van der Waals surface area (Å²) in [5, 5.41) is 12.4. The smallest absolute Gasteiger partial charge is 0.234 e. The fourth-order valence-electron chi connectivity index (χ4n) is 3.10. The van der Waals surface area contributed by atoms with Gasteiger partial charge in [0.15, 0.2) is 0 Å². The van der Waals surface area contributed by atoms with Gasteiger partial charge in [-0.3, -0.25) is 14.6 Å². The number of hydrogen-bond donors (Lipinski definition) is 2. The lowest BCUT2D eigenvalue weighted by Gasteiger charge is -2.38. The molecule has 1 aliphatic heterocycles. The average Bonchev–Trinajstić information content (AvgIpc) is 2.58. The highest BCUT2D eigenvalue weighted by Crippen LogP contribution is 2.12. The van der Waals surface area contributed by atoms with Crippen LogP contribution in [0.3, 0.4) is 0 Å². The first kappa shape index (κ1) is 17.9. The molecule has 5 nitrogen and oxygen atoms in total. The van der Waals surface area contributed by atoms with Crippen LogP contribution >= 0.6 is 0 Å². The number of piperazine rings is 1. The molecule has 2 rings (SSSR count). The number of benzene rings is 1. The summed E-state index contributed by atoms with van der Waals surface area (Å²) in [5.41, 5.74) is 1.12. The minimum Gasteiger partial charge on any atom is -0.395 e. The van der Waals surface area contributed by atoms with Crippen LogP contribution in [0.5, 0.6) is 0 Å². The Morgan fingerprint density at radius 1 is 1.22 bits per heavy atom. The SMILES string of the molecule is CCC(CO)N1CCN(CC(=O)NC(C)c2ccccc2)CC1. The lowest BCUT2D eigenvalue weighted by atomic mass is 10.1. The van der Waals surface area contributed by atoms with Crippen LogP contribution in [0.15, 0.2) is 30.3 Å². The minimum atomic E-state index is 0.0313. The third-order valence-corrected chi connectivity index (χ3v) is 4.65. The Morgan fingerprint density at radius 3 is 2.43 bits per heavy atom. The number of carbonyl (C=O) groups excluding carboxylic acids is 1. The second kappa shape index (κ2) is 9.01. The van der Waals surface area contributed by atoms with Crippen LogP contribution in [0.4, 0.5) is 0 Å². The molecule has 0 bridgehead atoms. The molecule has 0 radical (unpaired) electrons. The maximum Gasteiger partial charge on any atom is 0.234 e.